The van der Waals surface area contributed by atoms with Crippen molar-refractivity contribution in [1.82, 2.24) is 9.78 Å². The average Bonchev–Trinajstić information content (AvgIpc) is 2.84. The highest BCUT2D eigenvalue weighted by Gasteiger charge is 2.12. The van der Waals surface area contributed by atoms with Crippen LogP contribution in [0.5, 0.6) is 0 Å². The predicted octanol–water partition coefficient (Wildman–Crippen LogP) is 5.50. The van der Waals surface area contributed by atoms with Crippen molar-refractivity contribution in [3.8, 4) is 5.69 Å². The van der Waals surface area contributed by atoms with E-state index in [4.69, 9.17) is 23.2 Å². The molecule has 0 amide bonds. The fourth-order valence-electron chi connectivity index (χ4n) is 2.19. The van der Waals surface area contributed by atoms with Gasteiger partial charge in [0.2, 0.25) is 0 Å². The first-order chi connectivity index (χ1) is 11.5. The molecule has 1 heterocycles. The van der Waals surface area contributed by atoms with Crippen LogP contribution in [0.15, 0.2) is 57.5 Å². The lowest BCUT2D eigenvalue weighted by Gasteiger charge is -2.01. The van der Waals surface area contributed by atoms with Crippen molar-refractivity contribution in [2.45, 2.75) is 13.8 Å². The number of halogens is 2. The van der Waals surface area contributed by atoms with Gasteiger partial charge < -0.3 is 0 Å². The maximum atomic E-state index is 12.5. The molecule has 0 fully saturated rings. The number of rotatable bonds is 3. The topological polar surface area (TPSA) is 62.5 Å². The van der Waals surface area contributed by atoms with E-state index in [0.29, 0.717) is 21.4 Å². The zero-order valence-electron chi connectivity index (χ0n) is 13.0. The number of benzene rings is 2. The maximum absolute atomic E-state index is 12.5. The van der Waals surface area contributed by atoms with E-state index >= 15 is 0 Å². The number of nitrogens with zero attached hydrogens (tertiary/aromatic N) is 3. The van der Waals surface area contributed by atoms with Gasteiger partial charge in [-0.2, -0.15) is 5.11 Å². The smallest absolute Gasteiger partial charge is 0.293 e. The lowest BCUT2D eigenvalue weighted by atomic mass is 10.2. The second kappa shape index (κ2) is 6.63. The molecule has 1 aromatic heterocycles. The molecule has 0 spiro atoms. The molecule has 0 atom stereocenters. The van der Waals surface area contributed by atoms with Gasteiger partial charge in [0.25, 0.3) is 5.56 Å². The standard InChI is InChI=1S/C17H14Cl2N4O/c1-10-3-6-13(7-4-10)23-17(24)16(11(2)22-23)21-20-12-5-8-14(18)15(19)9-12/h3-9,22H,1-2H3. The highest BCUT2D eigenvalue weighted by atomic mass is 35.5. The van der Waals surface area contributed by atoms with Crippen LogP contribution < -0.4 is 5.56 Å². The number of aromatic nitrogens is 2. The van der Waals surface area contributed by atoms with E-state index in [9.17, 15) is 4.79 Å². The Kier molecular flexibility index (Phi) is 4.55. The minimum absolute atomic E-state index is 0.252. The molecule has 0 aliphatic carbocycles. The zero-order chi connectivity index (χ0) is 17.3. The molecule has 3 aromatic rings. The van der Waals surface area contributed by atoms with Crippen molar-refractivity contribution in [1.29, 1.82) is 0 Å². The van der Waals surface area contributed by atoms with Gasteiger partial charge in [-0.1, -0.05) is 40.9 Å². The normalized spacial score (nSPS) is 11.3. The Balaban J connectivity index is 1.97. The van der Waals surface area contributed by atoms with Crippen molar-refractivity contribution in [2.24, 2.45) is 10.2 Å². The van der Waals surface area contributed by atoms with Gasteiger partial charge in [0.15, 0.2) is 5.69 Å². The highest BCUT2D eigenvalue weighted by Crippen LogP contribution is 2.27. The minimum Gasteiger partial charge on any atom is -0.293 e. The summed E-state index contributed by atoms with van der Waals surface area (Å²) in [5, 5.41) is 12.0. The van der Waals surface area contributed by atoms with E-state index in [-0.39, 0.29) is 11.2 Å². The lowest BCUT2D eigenvalue weighted by Crippen LogP contribution is -2.13. The van der Waals surface area contributed by atoms with E-state index in [1.165, 1.54) is 4.68 Å². The molecule has 0 radical (unpaired) electrons. The summed E-state index contributed by atoms with van der Waals surface area (Å²) < 4.78 is 1.44. The molecule has 0 bridgehead atoms. The monoisotopic (exact) mass is 360 g/mol. The Morgan fingerprint density at radius 2 is 1.67 bits per heavy atom. The van der Waals surface area contributed by atoms with Gasteiger partial charge in [0, 0.05) is 0 Å². The van der Waals surface area contributed by atoms with Crippen molar-refractivity contribution >= 4 is 34.6 Å². The first-order valence-corrected chi connectivity index (χ1v) is 7.97. The molecule has 1 N–H and O–H groups in total. The Hall–Kier alpha value is -2.37. The summed E-state index contributed by atoms with van der Waals surface area (Å²) >= 11 is 11.8. The first-order valence-electron chi connectivity index (χ1n) is 7.21. The SMILES string of the molecule is Cc1ccc(-n2[nH]c(C)c(N=Nc3ccc(Cl)c(Cl)c3)c2=O)cc1. The maximum Gasteiger partial charge on any atom is 0.299 e. The van der Waals surface area contributed by atoms with E-state index in [0.717, 1.165) is 11.3 Å². The van der Waals surface area contributed by atoms with Crippen LogP contribution in [0.1, 0.15) is 11.3 Å². The third kappa shape index (κ3) is 3.27. The first kappa shape index (κ1) is 16.5. The second-order valence-corrected chi connectivity index (χ2v) is 6.17. The van der Waals surface area contributed by atoms with Gasteiger partial charge in [-0.3, -0.25) is 9.89 Å². The van der Waals surface area contributed by atoms with E-state index < -0.39 is 0 Å². The van der Waals surface area contributed by atoms with E-state index in [1.807, 2.05) is 31.2 Å². The molecule has 0 unspecified atom stereocenters. The van der Waals surface area contributed by atoms with Crippen LogP contribution >= 0.6 is 23.2 Å². The summed E-state index contributed by atoms with van der Waals surface area (Å²) in [5.41, 5.74) is 3.00. The number of nitrogens with one attached hydrogen (secondary N) is 1. The molecule has 0 saturated heterocycles. The summed E-state index contributed by atoms with van der Waals surface area (Å²) in [6.45, 7) is 3.76. The Bertz CT molecular complexity index is 971. The largest absolute Gasteiger partial charge is 0.299 e. The van der Waals surface area contributed by atoms with Crippen LogP contribution in [0.3, 0.4) is 0 Å². The van der Waals surface area contributed by atoms with Crippen molar-refractivity contribution in [2.75, 3.05) is 0 Å². The fraction of sp³-hybridized carbons (Fsp3) is 0.118. The van der Waals surface area contributed by atoms with E-state index in [2.05, 4.69) is 15.3 Å². The quantitative estimate of drug-likeness (QED) is 0.615. The van der Waals surface area contributed by atoms with Crippen LogP contribution in [-0.2, 0) is 0 Å². The third-order valence-electron chi connectivity index (χ3n) is 3.50. The van der Waals surface area contributed by atoms with Gasteiger partial charge in [0.1, 0.15) is 0 Å². The molecule has 2 aromatic carbocycles. The number of aromatic amines is 1. The molecule has 7 heteroatoms. The number of H-pyrrole nitrogens is 1. The molecule has 0 aliphatic heterocycles. The van der Waals surface area contributed by atoms with Gasteiger partial charge in [-0.15, -0.1) is 5.11 Å². The number of hydrogen-bond acceptors (Lipinski definition) is 3. The number of azo groups is 1. The highest BCUT2D eigenvalue weighted by molar-refractivity contribution is 6.42. The van der Waals surface area contributed by atoms with Crippen LogP contribution in [0, 0.1) is 13.8 Å². The summed E-state index contributed by atoms with van der Waals surface area (Å²) in [7, 11) is 0. The zero-order valence-corrected chi connectivity index (χ0v) is 14.6. The lowest BCUT2D eigenvalue weighted by molar-refractivity contribution is 0.835. The van der Waals surface area contributed by atoms with Crippen LogP contribution in [0.4, 0.5) is 11.4 Å². The minimum atomic E-state index is -0.264. The van der Waals surface area contributed by atoms with Crippen molar-refractivity contribution in [3.05, 3.63) is 74.1 Å². The average molecular weight is 361 g/mol. The van der Waals surface area contributed by atoms with Gasteiger partial charge >= 0.3 is 0 Å². The molecule has 3 rings (SSSR count). The summed E-state index contributed by atoms with van der Waals surface area (Å²) in [6, 6.07) is 12.5. The van der Waals surface area contributed by atoms with Crippen LogP contribution in [-0.4, -0.2) is 9.78 Å². The Labute approximate surface area is 148 Å². The van der Waals surface area contributed by atoms with Crippen LogP contribution in [0.2, 0.25) is 10.0 Å². The Morgan fingerprint density at radius 1 is 0.958 bits per heavy atom. The molecule has 0 saturated carbocycles. The summed E-state index contributed by atoms with van der Waals surface area (Å²) in [6.07, 6.45) is 0. The van der Waals surface area contributed by atoms with Gasteiger partial charge in [-0.05, 0) is 44.2 Å². The van der Waals surface area contributed by atoms with Crippen LogP contribution in [0.25, 0.3) is 5.69 Å². The van der Waals surface area contributed by atoms with Gasteiger partial charge in [0.05, 0.1) is 27.1 Å². The number of hydrogen-bond donors (Lipinski definition) is 1. The molecule has 122 valence electrons. The third-order valence-corrected chi connectivity index (χ3v) is 4.24. The molecule has 0 aliphatic rings. The summed E-state index contributed by atoms with van der Waals surface area (Å²) in [5.74, 6) is 0. The van der Waals surface area contributed by atoms with E-state index in [1.54, 1.807) is 25.1 Å². The van der Waals surface area contributed by atoms with Gasteiger partial charge in [-0.25, -0.2) is 4.68 Å². The van der Waals surface area contributed by atoms with Crippen molar-refractivity contribution in [3.63, 3.8) is 0 Å². The predicted molar refractivity (Wildman–Crippen MR) is 96.5 cm³/mol. The Morgan fingerprint density at radius 3 is 2.33 bits per heavy atom. The second-order valence-electron chi connectivity index (χ2n) is 5.36. The fourth-order valence-corrected chi connectivity index (χ4v) is 2.48. The summed E-state index contributed by atoms with van der Waals surface area (Å²) in [4.78, 5) is 12.5. The molecule has 24 heavy (non-hydrogen) atoms. The molecular weight excluding hydrogens is 347 g/mol. The number of aryl methyl sites for hydroxylation is 2. The van der Waals surface area contributed by atoms with Crippen molar-refractivity contribution < 1.29 is 0 Å². The molecule has 5 nitrogen and oxygen atoms in total. The molecular formula is C17H14Cl2N4O.